The van der Waals surface area contributed by atoms with Crippen LogP contribution in [0.25, 0.3) is 0 Å². The van der Waals surface area contributed by atoms with Crippen LogP contribution in [0, 0.1) is 11.8 Å². The maximum absolute atomic E-state index is 13.6. The van der Waals surface area contributed by atoms with Crippen LogP contribution >= 0.6 is 0 Å². The molecule has 0 heterocycles. The summed E-state index contributed by atoms with van der Waals surface area (Å²) in [6, 6.07) is 7.81. The van der Waals surface area contributed by atoms with Crippen LogP contribution in [0.5, 0.6) is 0 Å². The number of nitrogens with one attached hydrogen (secondary N) is 3. The summed E-state index contributed by atoms with van der Waals surface area (Å²) in [6.07, 6.45) is 5.39. The first kappa shape index (κ1) is 30.6. The van der Waals surface area contributed by atoms with E-state index >= 15 is 0 Å². The number of hydrogen-bond donors (Lipinski definition) is 3. The van der Waals surface area contributed by atoms with E-state index in [1.54, 1.807) is 0 Å². The molecule has 3 N–H and O–H groups in total. The van der Waals surface area contributed by atoms with E-state index < -0.39 is 29.7 Å². The van der Waals surface area contributed by atoms with Crippen molar-refractivity contribution in [2.45, 2.75) is 110 Å². The highest BCUT2D eigenvalue weighted by atomic mass is 16.6. The second-order valence-corrected chi connectivity index (χ2v) is 11.5. The molecule has 4 atom stereocenters. The summed E-state index contributed by atoms with van der Waals surface area (Å²) < 4.78 is 10.5. The van der Waals surface area contributed by atoms with E-state index in [0.29, 0.717) is 12.3 Å². The fraction of sp³-hybridized carbons (Fsp3) is 0.690. The molecule has 1 aromatic carbocycles. The monoisotopic (exact) mass is 517 g/mol. The van der Waals surface area contributed by atoms with Gasteiger partial charge in [-0.25, -0.2) is 9.59 Å². The minimum absolute atomic E-state index is 0.0464. The number of carbonyl (C=O) groups excluding carboxylic acids is 3. The van der Waals surface area contributed by atoms with Gasteiger partial charge in [0.05, 0.1) is 13.2 Å². The van der Waals surface area contributed by atoms with Crippen molar-refractivity contribution in [1.29, 1.82) is 0 Å². The van der Waals surface area contributed by atoms with Crippen molar-refractivity contribution in [3.8, 4) is 0 Å². The molecule has 208 valence electrons. The maximum Gasteiger partial charge on any atom is 0.407 e. The average molecular weight is 518 g/mol. The molecule has 0 aromatic heterocycles. The van der Waals surface area contributed by atoms with Gasteiger partial charge >= 0.3 is 12.1 Å². The second-order valence-electron chi connectivity index (χ2n) is 11.5. The first-order chi connectivity index (χ1) is 17.4. The highest BCUT2D eigenvalue weighted by Crippen LogP contribution is 2.29. The number of hydrogen-bond acceptors (Lipinski definition) is 6. The van der Waals surface area contributed by atoms with E-state index in [-0.39, 0.29) is 23.9 Å². The minimum Gasteiger partial charge on any atom is -0.467 e. The normalized spacial score (nSPS) is 17.8. The van der Waals surface area contributed by atoms with E-state index in [0.717, 1.165) is 31.2 Å². The predicted molar refractivity (Wildman–Crippen MR) is 145 cm³/mol. The van der Waals surface area contributed by atoms with Crippen molar-refractivity contribution >= 4 is 18.0 Å². The highest BCUT2D eigenvalue weighted by Gasteiger charge is 2.36. The standard InChI is InChI=1S/C29H47N3O5/c1-19(2)24(26(33)31-23(27(34)36-7)18-21-14-10-8-11-15-21)32-25(22-16-12-9-13-17-22)20(3)30-28(35)37-29(4,5)6/h8,10-11,14-15,19-20,22-25,32H,9,12-13,16-18H2,1-7H3,(H,30,35)(H,31,33)/t20-,23-,24-,25+/m0/s1. The van der Waals surface area contributed by atoms with Crippen LogP contribution in [-0.2, 0) is 25.5 Å². The molecule has 1 aromatic rings. The third-order valence-electron chi connectivity index (χ3n) is 6.85. The molecule has 1 fully saturated rings. The first-order valence-corrected chi connectivity index (χ1v) is 13.6. The largest absolute Gasteiger partial charge is 0.467 e. The van der Waals surface area contributed by atoms with E-state index in [1.165, 1.54) is 13.5 Å². The van der Waals surface area contributed by atoms with Gasteiger partial charge in [0.15, 0.2) is 0 Å². The molecular weight excluding hydrogens is 470 g/mol. The third-order valence-corrected chi connectivity index (χ3v) is 6.85. The summed E-state index contributed by atoms with van der Waals surface area (Å²) in [5.74, 6) is -0.474. The number of alkyl carbamates (subject to hydrolysis) is 1. The average Bonchev–Trinajstić information content (AvgIpc) is 2.83. The number of benzene rings is 1. The van der Waals surface area contributed by atoms with Gasteiger partial charge in [0, 0.05) is 18.5 Å². The molecule has 0 aliphatic heterocycles. The van der Waals surface area contributed by atoms with E-state index in [1.807, 2.05) is 71.9 Å². The fourth-order valence-corrected chi connectivity index (χ4v) is 4.99. The summed E-state index contributed by atoms with van der Waals surface area (Å²) in [5.41, 5.74) is 0.335. The van der Waals surface area contributed by atoms with Gasteiger partial charge < -0.3 is 25.4 Å². The Hall–Kier alpha value is -2.61. The molecule has 1 saturated carbocycles. The number of rotatable bonds is 11. The first-order valence-electron chi connectivity index (χ1n) is 13.6. The molecule has 0 unspecified atom stereocenters. The van der Waals surface area contributed by atoms with Crippen LogP contribution in [0.1, 0.15) is 79.2 Å². The fourth-order valence-electron chi connectivity index (χ4n) is 4.99. The summed E-state index contributed by atoms with van der Waals surface area (Å²) >= 11 is 0. The number of methoxy groups -OCH3 is 1. The topological polar surface area (TPSA) is 106 Å². The Labute approximate surface area is 222 Å². The van der Waals surface area contributed by atoms with Gasteiger partial charge in [-0.15, -0.1) is 0 Å². The van der Waals surface area contributed by atoms with Gasteiger partial charge in [-0.1, -0.05) is 63.4 Å². The Balaban J connectivity index is 2.20. The van der Waals surface area contributed by atoms with Gasteiger partial charge in [-0.05, 0) is 57.9 Å². The maximum atomic E-state index is 13.6. The van der Waals surface area contributed by atoms with Crippen molar-refractivity contribution in [3.05, 3.63) is 35.9 Å². The summed E-state index contributed by atoms with van der Waals surface area (Å²) in [7, 11) is 1.33. The van der Waals surface area contributed by atoms with Crippen molar-refractivity contribution in [1.82, 2.24) is 16.0 Å². The summed E-state index contributed by atoms with van der Waals surface area (Å²) in [5, 5.41) is 9.50. The molecule has 8 heteroatoms. The van der Waals surface area contributed by atoms with Gasteiger partial charge in [-0.3, -0.25) is 4.79 Å². The van der Waals surface area contributed by atoms with Crippen LogP contribution in [0.3, 0.4) is 0 Å². The number of carbonyl (C=O) groups is 3. The van der Waals surface area contributed by atoms with Crippen LogP contribution in [-0.4, -0.2) is 54.8 Å². The number of amides is 2. The smallest absolute Gasteiger partial charge is 0.407 e. The predicted octanol–water partition coefficient (Wildman–Crippen LogP) is 4.36. The third kappa shape index (κ3) is 10.3. The lowest BCUT2D eigenvalue weighted by molar-refractivity contribution is -0.145. The van der Waals surface area contributed by atoms with Gasteiger partial charge in [0.2, 0.25) is 5.91 Å². The molecule has 0 bridgehead atoms. The number of ether oxygens (including phenoxy) is 2. The lowest BCUT2D eigenvalue weighted by Crippen LogP contribution is -2.61. The minimum atomic E-state index is -0.798. The van der Waals surface area contributed by atoms with E-state index in [2.05, 4.69) is 16.0 Å². The van der Waals surface area contributed by atoms with Crippen molar-refractivity contribution in [2.75, 3.05) is 7.11 Å². The molecule has 0 radical (unpaired) electrons. The lowest BCUT2D eigenvalue weighted by Gasteiger charge is -2.38. The van der Waals surface area contributed by atoms with Crippen molar-refractivity contribution in [2.24, 2.45) is 11.8 Å². The van der Waals surface area contributed by atoms with Crippen LogP contribution in [0.4, 0.5) is 4.79 Å². The van der Waals surface area contributed by atoms with Crippen molar-refractivity contribution < 1.29 is 23.9 Å². The number of esters is 1. The molecule has 0 saturated heterocycles. The Morgan fingerprint density at radius 1 is 0.973 bits per heavy atom. The Morgan fingerprint density at radius 3 is 2.14 bits per heavy atom. The SMILES string of the molecule is COC(=O)[C@H](Cc1ccccc1)NC(=O)[C@@H](N[C@@H](C1CCCCC1)[C@H](C)NC(=O)OC(C)(C)C)C(C)C. The molecule has 1 aliphatic rings. The summed E-state index contributed by atoms with van der Waals surface area (Å²) in [4.78, 5) is 38.6. The zero-order valence-corrected chi connectivity index (χ0v) is 23.6. The van der Waals surface area contributed by atoms with Gasteiger partial charge in [0.1, 0.15) is 11.6 Å². The molecule has 0 spiro atoms. The lowest BCUT2D eigenvalue weighted by atomic mass is 9.80. The van der Waals surface area contributed by atoms with Crippen molar-refractivity contribution in [3.63, 3.8) is 0 Å². The molecule has 1 aliphatic carbocycles. The quantitative estimate of drug-likeness (QED) is 0.377. The van der Waals surface area contributed by atoms with Gasteiger partial charge in [0.25, 0.3) is 0 Å². The Morgan fingerprint density at radius 2 is 1.59 bits per heavy atom. The Bertz CT molecular complexity index is 862. The van der Waals surface area contributed by atoms with Crippen LogP contribution in [0.2, 0.25) is 0 Å². The molecule has 8 nitrogen and oxygen atoms in total. The molecule has 2 amide bonds. The van der Waals surface area contributed by atoms with E-state index in [4.69, 9.17) is 9.47 Å². The molecule has 2 rings (SSSR count). The second kappa shape index (κ2) is 14.4. The molecule has 37 heavy (non-hydrogen) atoms. The summed E-state index contributed by atoms with van der Waals surface area (Å²) in [6.45, 7) is 11.4. The van der Waals surface area contributed by atoms with Gasteiger partial charge in [-0.2, -0.15) is 0 Å². The van der Waals surface area contributed by atoms with E-state index in [9.17, 15) is 14.4 Å². The Kier molecular flexibility index (Phi) is 11.9. The van der Waals surface area contributed by atoms with Crippen LogP contribution < -0.4 is 16.0 Å². The van der Waals surface area contributed by atoms with Crippen LogP contribution in [0.15, 0.2) is 30.3 Å². The zero-order chi connectivity index (χ0) is 27.6. The highest BCUT2D eigenvalue weighted by molar-refractivity contribution is 5.88. The molecular formula is C29H47N3O5. The zero-order valence-electron chi connectivity index (χ0n) is 23.6.